The summed E-state index contributed by atoms with van der Waals surface area (Å²) in [5.74, 6) is 0.593. The number of pyridine rings is 1. The van der Waals surface area contributed by atoms with Gasteiger partial charge in [-0.3, -0.25) is 4.79 Å². The molecule has 8 nitrogen and oxygen atoms in total. The second kappa shape index (κ2) is 8.52. The van der Waals surface area contributed by atoms with Crippen LogP contribution in [0.15, 0.2) is 35.4 Å². The molecule has 1 aliphatic heterocycles. The van der Waals surface area contributed by atoms with Crippen LogP contribution in [0.1, 0.15) is 6.92 Å². The molecule has 11 heteroatoms. The number of hydrogen-bond acceptors (Lipinski definition) is 6. The molecular formula is C17H17Cl2N3O5S. The number of likely N-dealkylation sites (N-methyl/N-ethyl adjacent to an activating group) is 1. The highest BCUT2D eigenvalue weighted by atomic mass is 35.5. The summed E-state index contributed by atoms with van der Waals surface area (Å²) in [6, 6.07) is 6.18. The number of halogens is 2. The summed E-state index contributed by atoms with van der Waals surface area (Å²) in [7, 11) is -4.03. The Morgan fingerprint density at radius 1 is 1.21 bits per heavy atom. The fourth-order valence-corrected chi connectivity index (χ4v) is 4.63. The molecule has 150 valence electrons. The van der Waals surface area contributed by atoms with Gasteiger partial charge in [0.15, 0.2) is 11.5 Å². The van der Waals surface area contributed by atoms with Crippen LogP contribution in [0.4, 0.5) is 5.69 Å². The van der Waals surface area contributed by atoms with E-state index in [4.69, 9.17) is 32.7 Å². The molecule has 2 aromatic rings. The van der Waals surface area contributed by atoms with Crippen molar-refractivity contribution in [1.82, 2.24) is 9.29 Å². The van der Waals surface area contributed by atoms with E-state index in [0.29, 0.717) is 30.4 Å². The van der Waals surface area contributed by atoms with E-state index in [2.05, 4.69) is 10.3 Å². The maximum atomic E-state index is 12.8. The van der Waals surface area contributed by atoms with E-state index in [1.54, 1.807) is 25.1 Å². The van der Waals surface area contributed by atoms with Crippen LogP contribution in [-0.2, 0) is 14.8 Å². The Balaban J connectivity index is 1.74. The van der Waals surface area contributed by atoms with Crippen molar-refractivity contribution in [3.05, 3.63) is 40.6 Å². The highest BCUT2D eigenvalue weighted by molar-refractivity contribution is 7.89. The highest BCUT2D eigenvalue weighted by Gasteiger charge is 2.28. The molecule has 1 aromatic carbocycles. The lowest BCUT2D eigenvalue weighted by molar-refractivity contribution is -0.116. The maximum absolute atomic E-state index is 12.8. The zero-order valence-electron chi connectivity index (χ0n) is 14.8. The molecule has 0 saturated carbocycles. The van der Waals surface area contributed by atoms with Crippen molar-refractivity contribution in [2.45, 2.75) is 11.8 Å². The fourth-order valence-electron chi connectivity index (χ4n) is 2.57. The summed E-state index contributed by atoms with van der Waals surface area (Å²) < 4.78 is 37.5. The third kappa shape index (κ3) is 4.49. The first-order chi connectivity index (χ1) is 13.3. The Labute approximate surface area is 172 Å². The largest absolute Gasteiger partial charge is 0.486 e. The molecule has 0 bridgehead atoms. The number of amides is 1. The molecule has 0 unspecified atom stereocenters. The predicted molar refractivity (Wildman–Crippen MR) is 105 cm³/mol. The molecule has 0 radical (unpaired) electrons. The van der Waals surface area contributed by atoms with E-state index >= 15 is 0 Å². The second-order valence-electron chi connectivity index (χ2n) is 5.78. The number of fused-ring (bicyclic) bond motifs is 1. The first-order valence-electron chi connectivity index (χ1n) is 8.32. The zero-order valence-corrected chi connectivity index (χ0v) is 17.1. The quantitative estimate of drug-likeness (QED) is 0.686. The third-order valence-corrected chi connectivity index (χ3v) is 6.48. The molecule has 2 heterocycles. The molecule has 0 fully saturated rings. The predicted octanol–water partition coefficient (Wildman–Crippen LogP) is 2.81. The standard InChI is InChI=1S/C17H17Cl2N3O5S/c1-2-22(28(24,25)15-9-20-16(19)8-12(15)18)10-17(23)21-11-3-4-13-14(7-11)27-6-5-26-13/h3-4,7-9H,2,5-6,10H2,1H3,(H,21,23). The van der Waals surface area contributed by atoms with Crippen LogP contribution in [0, 0.1) is 0 Å². The molecule has 28 heavy (non-hydrogen) atoms. The Kier molecular flexibility index (Phi) is 6.29. The lowest BCUT2D eigenvalue weighted by Gasteiger charge is -2.21. The minimum Gasteiger partial charge on any atom is -0.486 e. The lowest BCUT2D eigenvalue weighted by atomic mass is 10.2. The van der Waals surface area contributed by atoms with E-state index in [1.165, 1.54) is 6.07 Å². The van der Waals surface area contributed by atoms with Crippen LogP contribution in [-0.4, -0.2) is 49.9 Å². The number of nitrogens with one attached hydrogen (secondary N) is 1. The highest BCUT2D eigenvalue weighted by Crippen LogP contribution is 2.32. The minimum atomic E-state index is -4.03. The average molecular weight is 446 g/mol. The number of ether oxygens (including phenoxy) is 2. The van der Waals surface area contributed by atoms with Gasteiger partial charge in [0.25, 0.3) is 0 Å². The van der Waals surface area contributed by atoms with E-state index in [-0.39, 0.29) is 21.6 Å². The van der Waals surface area contributed by atoms with Crippen molar-refractivity contribution in [3.8, 4) is 11.5 Å². The molecule has 0 spiro atoms. The number of hydrogen-bond donors (Lipinski definition) is 1. The number of carbonyl (C=O) groups is 1. The molecule has 1 aliphatic rings. The Hall–Kier alpha value is -2.07. The minimum absolute atomic E-state index is 0.0642. The second-order valence-corrected chi connectivity index (χ2v) is 8.48. The van der Waals surface area contributed by atoms with Crippen LogP contribution in [0.3, 0.4) is 0 Å². The molecule has 0 saturated heterocycles. The number of benzene rings is 1. The van der Waals surface area contributed by atoms with Crippen molar-refractivity contribution < 1.29 is 22.7 Å². The normalized spacial score (nSPS) is 13.4. The molecule has 1 aromatic heterocycles. The molecule has 1 N–H and O–H groups in total. The van der Waals surface area contributed by atoms with Gasteiger partial charge < -0.3 is 14.8 Å². The van der Waals surface area contributed by atoms with Crippen molar-refractivity contribution in [2.75, 3.05) is 31.6 Å². The summed E-state index contributed by atoms with van der Waals surface area (Å²) >= 11 is 11.7. The van der Waals surface area contributed by atoms with Gasteiger partial charge in [0.2, 0.25) is 15.9 Å². The monoisotopic (exact) mass is 445 g/mol. The fraction of sp³-hybridized carbons (Fsp3) is 0.294. The maximum Gasteiger partial charge on any atom is 0.246 e. The van der Waals surface area contributed by atoms with Gasteiger partial charge in [-0.25, -0.2) is 13.4 Å². The molecular weight excluding hydrogens is 429 g/mol. The van der Waals surface area contributed by atoms with Gasteiger partial charge >= 0.3 is 0 Å². The molecule has 0 atom stereocenters. The SMILES string of the molecule is CCN(CC(=O)Nc1ccc2c(c1)OCCO2)S(=O)(=O)c1cnc(Cl)cc1Cl. The molecule has 0 aliphatic carbocycles. The summed E-state index contributed by atoms with van der Waals surface area (Å²) in [4.78, 5) is 16.0. The van der Waals surface area contributed by atoms with Crippen LogP contribution in [0.25, 0.3) is 0 Å². The Morgan fingerprint density at radius 3 is 2.61 bits per heavy atom. The van der Waals surface area contributed by atoms with Crippen LogP contribution < -0.4 is 14.8 Å². The van der Waals surface area contributed by atoms with E-state index < -0.39 is 22.5 Å². The third-order valence-electron chi connectivity index (χ3n) is 3.90. The topological polar surface area (TPSA) is 97.8 Å². The summed E-state index contributed by atoms with van der Waals surface area (Å²) in [5, 5.41) is 2.66. The van der Waals surface area contributed by atoms with E-state index in [0.717, 1.165) is 10.5 Å². The number of aromatic nitrogens is 1. The zero-order chi connectivity index (χ0) is 20.3. The smallest absolute Gasteiger partial charge is 0.246 e. The molecule has 3 rings (SSSR count). The van der Waals surface area contributed by atoms with Crippen molar-refractivity contribution in [3.63, 3.8) is 0 Å². The Morgan fingerprint density at radius 2 is 1.93 bits per heavy atom. The average Bonchev–Trinajstić information content (AvgIpc) is 2.65. The number of rotatable bonds is 6. The van der Waals surface area contributed by atoms with Gasteiger partial charge in [0, 0.05) is 18.3 Å². The summed E-state index contributed by atoms with van der Waals surface area (Å²) in [6.07, 6.45) is 1.07. The number of sulfonamides is 1. The van der Waals surface area contributed by atoms with Crippen LogP contribution in [0.2, 0.25) is 10.2 Å². The number of nitrogens with zero attached hydrogens (tertiary/aromatic N) is 2. The van der Waals surface area contributed by atoms with Crippen molar-refractivity contribution in [1.29, 1.82) is 0 Å². The van der Waals surface area contributed by atoms with Crippen molar-refractivity contribution in [2.24, 2.45) is 0 Å². The van der Waals surface area contributed by atoms with Gasteiger partial charge in [0.05, 0.1) is 17.8 Å². The van der Waals surface area contributed by atoms with E-state index in [1.807, 2.05) is 0 Å². The van der Waals surface area contributed by atoms with Crippen molar-refractivity contribution >= 4 is 44.8 Å². The van der Waals surface area contributed by atoms with Gasteiger partial charge in [-0.1, -0.05) is 30.1 Å². The number of anilines is 1. The van der Waals surface area contributed by atoms with E-state index in [9.17, 15) is 13.2 Å². The first kappa shape index (κ1) is 20.7. The first-order valence-corrected chi connectivity index (χ1v) is 10.5. The summed E-state index contributed by atoms with van der Waals surface area (Å²) in [6.45, 7) is 2.17. The van der Waals surface area contributed by atoms with Crippen LogP contribution >= 0.6 is 23.2 Å². The Bertz CT molecular complexity index is 1000. The number of carbonyl (C=O) groups excluding carboxylic acids is 1. The van der Waals surface area contributed by atoms with Gasteiger partial charge in [-0.15, -0.1) is 0 Å². The summed E-state index contributed by atoms with van der Waals surface area (Å²) in [5.41, 5.74) is 0.467. The molecule has 1 amide bonds. The van der Waals surface area contributed by atoms with Gasteiger partial charge in [-0.05, 0) is 18.2 Å². The van der Waals surface area contributed by atoms with Crippen LogP contribution in [0.5, 0.6) is 11.5 Å². The van der Waals surface area contributed by atoms with Gasteiger partial charge in [-0.2, -0.15) is 4.31 Å². The van der Waals surface area contributed by atoms with Gasteiger partial charge in [0.1, 0.15) is 23.3 Å². The lowest BCUT2D eigenvalue weighted by Crippen LogP contribution is -2.38.